The van der Waals surface area contributed by atoms with E-state index in [0.29, 0.717) is 11.0 Å². The fourth-order valence-corrected chi connectivity index (χ4v) is 3.43. The average molecular weight is 411 g/mol. The Kier molecular flexibility index (Phi) is 4.69. The highest BCUT2D eigenvalue weighted by Crippen LogP contribution is 2.28. The number of carbonyl (C=O) groups excluding carboxylic acids is 2. The van der Waals surface area contributed by atoms with Gasteiger partial charge in [-0.15, -0.1) is 0 Å². The number of nitrogens with one attached hydrogen (secondary N) is 1. The van der Waals surface area contributed by atoms with E-state index in [1.165, 1.54) is 22.8 Å². The van der Waals surface area contributed by atoms with E-state index in [1.54, 1.807) is 24.3 Å². The van der Waals surface area contributed by atoms with Gasteiger partial charge >= 0.3 is 5.56 Å². The van der Waals surface area contributed by atoms with Gasteiger partial charge < -0.3 is 14.9 Å². The van der Waals surface area contributed by atoms with E-state index in [9.17, 15) is 24.6 Å². The largest absolute Gasteiger partial charge is 0.508 e. The number of thioether (sulfide) groups is 1. The van der Waals surface area contributed by atoms with Crippen LogP contribution in [0.2, 0.25) is 0 Å². The molecule has 0 atom stereocenters. The Balaban J connectivity index is 1.78. The Morgan fingerprint density at radius 2 is 1.83 bits per heavy atom. The van der Waals surface area contributed by atoms with Crippen LogP contribution in [0.4, 0.5) is 4.79 Å². The third kappa shape index (κ3) is 3.78. The van der Waals surface area contributed by atoms with Gasteiger partial charge in [-0.1, -0.05) is 12.1 Å². The molecule has 10 heteroatoms. The molecule has 146 valence electrons. The predicted molar refractivity (Wildman–Crippen MR) is 105 cm³/mol. The molecule has 2 aromatic carbocycles. The number of fused-ring (bicyclic) bond motifs is 1. The molecule has 0 unspecified atom stereocenters. The lowest BCUT2D eigenvalue weighted by Crippen LogP contribution is -2.23. The molecule has 1 aliphatic rings. The maximum atomic E-state index is 13.0. The summed E-state index contributed by atoms with van der Waals surface area (Å²) in [7, 11) is 0. The molecule has 0 aliphatic carbocycles. The van der Waals surface area contributed by atoms with Gasteiger partial charge in [-0.25, -0.2) is 4.98 Å². The Bertz CT molecular complexity index is 1230. The lowest BCUT2D eigenvalue weighted by atomic mass is 10.3. The molecular weight excluding hydrogens is 398 g/mol. The van der Waals surface area contributed by atoms with Gasteiger partial charge in [0.2, 0.25) is 0 Å². The average Bonchev–Trinajstić information content (AvgIpc) is 2.98. The standard InChI is InChI=1S/C19H13N3O6S/c23-10-7-11(24)9-12(8-10)28-17-18(26)22(14-4-2-1-3-13(14)20-17)6-5-15-16(25)21-19(27)29-15/h1-5,7-9,23-24H,6H2,(H,21,25,27)/b15-5+. The van der Waals surface area contributed by atoms with Gasteiger partial charge in [0.15, 0.2) is 0 Å². The second kappa shape index (κ2) is 7.32. The number of phenols is 2. The Morgan fingerprint density at radius 3 is 2.52 bits per heavy atom. The number of benzene rings is 2. The monoisotopic (exact) mass is 411 g/mol. The number of phenolic OH excluding ortho intramolecular Hbond substituents is 2. The van der Waals surface area contributed by atoms with Gasteiger partial charge in [-0.2, -0.15) is 0 Å². The van der Waals surface area contributed by atoms with Gasteiger partial charge in [0.1, 0.15) is 17.2 Å². The van der Waals surface area contributed by atoms with E-state index in [1.807, 2.05) is 0 Å². The summed E-state index contributed by atoms with van der Waals surface area (Å²) in [4.78, 5) is 40.4. The van der Waals surface area contributed by atoms with Crippen LogP contribution < -0.4 is 15.6 Å². The molecule has 0 bridgehead atoms. The molecule has 9 nitrogen and oxygen atoms in total. The lowest BCUT2D eigenvalue weighted by Gasteiger charge is -2.11. The van der Waals surface area contributed by atoms with Gasteiger partial charge in [0, 0.05) is 24.7 Å². The fraction of sp³-hybridized carbons (Fsp3) is 0.0526. The number of hydrogen-bond acceptors (Lipinski definition) is 8. The van der Waals surface area contributed by atoms with Crippen molar-refractivity contribution >= 4 is 33.9 Å². The SMILES string of the molecule is O=C1NC(=O)/C(=C\Cn2c(=O)c(Oc3cc(O)cc(O)c3)nc3ccccc32)S1. The normalized spacial score (nSPS) is 15.1. The van der Waals surface area contributed by atoms with Gasteiger partial charge in [0.25, 0.3) is 17.0 Å². The summed E-state index contributed by atoms with van der Waals surface area (Å²) in [5.41, 5.74) is 0.387. The molecule has 0 spiro atoms. The van der Waals surface area contributed by atoms with E-state index in [-0.39, 0.29) is 34.6 Å². The van der Waals surface area contributed by atoms with Crippen molar-refractivity contribution in [2.75, 3.05) is 0 Å². The minimum Gasteiger partial charge on any atom is -0.508 e. The van der Waals surface area contributed by atoms with Crippen molar-refractivity contribution < 1.29 is 24.5 Å². The van der Waals surface area contributed by atoms with Crippen molar-refractivity contribution in [2.45, 2.75) is 6.54 Å². The van der Waals surface area contributed by atoms with Gasteiger partial charge in [-0.05, 0) is 30.0 Å². The minimum atomic E-state index is -0.585. The number of carbonyl (C=O) groups is 2. The number of ether oxygens (including phenoxy) is 1. The highest BCUT2D eigenvalue weighted by Gasteiger charge is 2.25. The molecule has 2 heterocycles. The first-order valence-electron chi connectivity index (χ1n) is 8.34. The Morgan fingerprint density at radius 1 is 1.10 bits per heavy atom. The van der Waals surface area contributed by atoms with Crippen LogP contribution in [0.15, 0.2) is 58.2 Å². The third-order valence-electron chi connectivity index (χ3n) is 4.01. The molecule has 29 heavy (non-hydrogen) atoms. The van der Waals surface area contributed by atoms with E-state index in [0.717, 1.165) is 17.8 Å². The van der Waals surface area contributed by atoms with Crippen LogP contribution >= 0.6 is 11.8 Å². The molecular formula is C19H13N3O6S. The second-order valence-corrected chi connectivity index (χ2v) is 7.04. The van der Waals surface area contributed by atoms with E-state index >= 15 is 0 Å². The van der Waals surface area contributed by atoms with Crippen molar-refractivity contribution in [2.24, 2.45) is 0 Å². The summed E-state index contributed by atoms with van der Waals surface area (Å²) in [6.45, 7) is 0.00650. The van der Waals surface area contributed by atoms with Crippen LogP contribution in [-0.4, -0.2) is 30.9 Å². The molecule has 0 saturated carbocycles. The molecule has 3 aromatic rings. The number of nitrogens with zero attached hydrogens (tertiary/aromatic N) is 2. The van der Waals surface area contributed by atoms with Crippen molar-refractivity contribution in [3.63, 3.8) is 0 Å². The molecule has 4 rings (SSSR count). The number of hydrogen-bond donors (Lipinski definition) is 3. The van der Waals surface area contributed by atoms with Crippen LogP contribution in [0, 0.1) is 0 Å². The minimum absolute atomic E-state index is 0.00650. The smallest absolute Gasteiger partial charge is 0.314 e. The molecule has 3 N–H and O–H groups in total. The first-order chi connectivity index (χ1) is 13.9. The lowest BCUT2D eigenvalue weighted by molar-refractivity contribution is -0.115. The predicted octanol–water partition coefficient (Wildman–Crippen LogP) is 2.47. The molecule has 1 aromatic heterocycles. The highest BCUT2D eigenvalue weighted by molar-refractivity contribution is 8.18. The molecule has 1 fully saturated rings. The molecule has 0 radical (unpaired) electrons. The van der Waals surface area contributed by atoms with E-state index in [4.69, 9.17) is 4.74 Å². The number of aromatic nitrogens is 2. The maximum Gasteiger partial charge on any atom is 0.314 e. The second-order valence-electron chi connectivity index (χ2n) is 6.02. The summed E-state index contributed by atoms with van der Waals surface area (Å²) in [5, 5.41) is 20.9. The maximum absolute atomic E-state index is 13.0. The Hall–Kier alpha value is -3.79. The summed E-state index contributed by atoms with van der Waals surface area (Å²) in [6, 6.07) is 10.4. The zero-order valence-corrected chi connectivity index (χ0v) is 15.5. The molecule has 1 saturated heterocycles. The summed E-state index contributed by atoms with van der Waals surface area (Å²) in [6.07, 6.45) is 1.47. The number of para-hydroxylation sites is 2. The highest BCUT2D eigenvalue weighted by atomic mass is 32.2. The van der Waals surface area contributed by atoms with Gasteiger partial charge in [-0.3, -0.25) is 24.3 Å². The summed E-state index contributed by atoms with van der Waals surface area (Å²) < 4.78 is 6.86. The Labute approximate surface area is 167 Å². The number of imide groups is 1. The zero-order chi connectivity index (χ0) is 20.5. The number of aromatic hydroxyl groups is 2. The van der Waals surface area contributed by atoms with Crippen molar-refractivity contribution in [3.8, 4) is 23.1 Å². The van der Waals surface area contributed by atoms with Crippen molar-refractivity contribution in [3.05, 3.63) is 63.8 Å². The van der Waals surface area contributed by atoms with E-state index in [2.05, 4.69) is 10.3 Å². The number of allylic oxidation sites excluding steroid dienone is 1. The first kappa shape index (κ1) is 18.6. The summed E-state index contributed by atoms with van der Waals surface area (Å²) in [5.74, 6) is -1.23. The van der Waals surface area contributed by atoms with Crippen LogP contribution in [0.1, 0.15) is 0 Å². The van der Waals surface area contributed by atoms with Crippen LogP contribution in [0.3, 0.4) is 0 Å². The summed E-state index contributed by atoms with van der Waals surface area (Å²) >= 11 is 0.758. The van der Waals surface area contributed by atoms with Crippen molar-refractivity contribution in [1.82, 2.24) is 14.9 Å². The topological polar surface area (TPSA) is 131 Å². The van der Waals surface area contributed by atoms with Crippen LogP contribution in [0.25, 0.3) is 11.0 Å². The fourth-order valence-electron chi connectivity index (χ4n) is 2.79. The van der Waals surface area contributed by atoms with Gasteiger partial charge in [0.05, 0.1) is 15.9 Å². The quantitative estimate of drug-likeness (QED) is 0.558. The number of amides is 2. The van der Waals surface area contributed by atoms with Crippen molar-refractivity contribution in [1.29, 1.82) is 0 Å². The first-order valence-corrected chi connectivity index (χ1v) is 9.16. The third-order valence-corrected chi connectivity index (χ3v) is 4.87. The van der Waals surface area contributed by atoms with E-state index < -0.39 is 16.7 Å². The zero-order valence-electron chi connectivity index (χ0n) is 14.7. The van der Waals surface area contributed by atoms with Crippen LogP contribution in [-0.2, 0) is 11.3 Å². The molecule has 2 amide bonds. The van der Waals surface area contributed by atoms with Crippen LogP contribution in [0.5, 0.6) is 23.1 Å². The number of rotatable bonds is 4. The molecule has 1 aliphatic heterocycles.